The maximum atomic E-state index is 13.4. The Morgan fingerprint density at radius 3 is 2.12 bits per heavy atom. The number of para-hydroxylation sites is 1. The summed E-state index contributed by atoms with van der Waals surface area (Å²) in [5.74, 6) is -2.69. The molecule has 0 aliphatic carbocycles. The number of ketones is 1. The molecule has 6 atom stereocenters. The molecule has 0 radical (unpaired) electrons. The molecule has 2 aromatic rings. The van der Waals surface area contributed by atoms with Crippen molar-refractivity contribution in [1.29, 1.82) is 0 Å². The van der Waals surface area contributed by atoms with Crippen molar-refractivity contribution in [3.63, 3.8) is 0 Å². The van der Waals surface area contributed by atoms with Gasteiger partial charge < -0.3 is 28.4 Å². The van der Waals surface area contributed by atoms with Crippen molar-refractivity contribution in [3.8, 4) is 5.75 Å². The lowest BCUT2D eigenvalue weighted by Gasteiger charge is -2.50. The molecule has 0 bridgehead atoms. The number of carbonyl (C=O) groups excluding carboxylic acids is 5. The van der Waals surface area contributed by atoms with Crippen LogP contribution < -0.4 is 4.74 Å². The minimum atomic E-state index is -1.42. The third-order valence-corrected chi connectivity index (χ3v) is 7.64. The Kier molecular flexibility index (Phi) is 9.91. The van der Waals surface area contributed by atoms with Crippen molar-refractivity contribution < 1.29 is 52.4 Å². The molecule has 224 valence electrons. The highest BCUT2D eigenvalue weighted by Gasteiger charge is 2.56. The van der Waals surface area contributed by atoms with Gasteiger partial charge in [-0.3, -0.25) is 28.9 Å². The fourth-order valence-electron chi connectivity index (χ4n) is 4.91. The van der Waals surface area contributed by atoms with Gasteiger partial charge in [-0.25, -0.2) is 0 Å². The van der Waals surface area contributed by atoms with Gasteiger partial charge in [0.2, 0.25) is 0 Å². The van der Waals surface area contributed by atoms with Crippen LogP contribution in [0.2, 0.25) is 0 Å². The lowest BCUT2D eigenvalue weighted by atomic mass is 9.92. The molecule has 1 aromatic carbocycles. The molecular formula is C28H29NO11S2. The highest BCUT2D eigenvalue weighted by Crippen LogP contribution is 2.42. The average molecular weight is 620 g/mol. The van der Waals surface area contributed by atoms with E-state index in [9.17, 15) is 24.0 Å². The topological polar surface area (TPSA) is 144 Å². The van der Waals surface area contributed by atoms with Crippen molar-refractivity contribution in [2.45, 2.75) is 70.8 Å². The molecule has 2 aliphatic heterocycles. The van der Waals surface area contributed by atoms with E-state index in [4.69, 9.17) is 40.6 Å². The van der Waals surface area contributed by atoms with E-state index >= 15 is 0 Å². The second-order valence-electron chi connectivity index (χ2n) is 9.52. The van der Waals surface area contributed by atoms with Gasteiger partial charge >= 0.3 is 23.9 Å². The Morgan fingerprint density at radius 1 is 0.857 bits per heavy atom. The number of benzene rings is 1. The second kappa shape index (κ2) is 13.4. The molecule has 1 unspecified atom stereocenters. The quantitative estimate of drug-likeness (QED) is 0.176. The Labute approximate surface area is 250 Å². The fraction of sp³-hybridized carbons (Fsp3) is 0.429. The van der Waals surface area contributed by atoms with Crippen molar-refractivity contribution in [2.24, 2.45) is 0 Å². The van der Waals surface area contributed by atoms with Crippen LogP contribution in [0.25, 0.3) is 0 Å². The number of Topliss-reactive ketones (excluding diaryl/α,β-unsaturated/α-hetero) is 1. The molecule has 0 saturated carbocycles. The van der Waals surface area contributed by atoms with Crippen LogP contribution in [0.15, 0.2) is 41.8 Å². The maximum Gasteiger partial charge on any atom is 0.303 e. The number of thiophene rings is 1. The first-order valence-corrected chi connectivity index (χ1v) is 14.2. The van der Waals surface area contributed by atoms with Gasteiger partial charge in [0.05, 0.1) is 10.9 Å². The van der Waals surface area contributed by atoms with Crippen molar-refractivity contribution >= 4 is 58.4 Å². The van der Waals surface area contributed by atoms with Gasteiger partial charge in [0.25, 0.3) is 5.17 Å². The van der Waals surface area contributed by atoms with E-state index in [0.717, 1.165) is 20.8 Å². The first-order chi connectivity index (χ1) is 20.0. The van der Waals surface area contributed by atoms with E-state index in [1.807, 2.05) is 0 Å². The molecule has 3 heterocycles. The molecule has 14 heteroatoms. The van der Waals surface area contributed by atoms with Crippen molar-refractivity contribution in [2.75, 3.05) is 6.61 Å². The molecule has 1 saturated heterocycles. The van der Waals surface area contributed by atoms with Crippen LogP contribution >= 0.6 is 23.6 Å². The Morgan fingerprint density at radius 2 is 1.50 bits per heavy atom. The summed E-state index contributed by atoms with van der Waals surface area (Å²) in [6, 6.07) is 9.68. The van der Waals surface area contributed by atoms with Crippen LogP contribution in [0.1, 0.15) is 55.4 Å². The third-order valence-electron chi connectivity index (χ3n) is 6.44. The first kappa shape index (κ1) is 31.1. The van der Waals surface area contributed by atoms with Gasteiger partial charge in [-0.05, 0) is 29.7 Å². The maximum absolute atomic E-state index is 13.4. The van der Waals surface area contributed by atoms with Crippen molar-refractivity contribution in [1.82, 2.24) is 4.90 Å². The van der Waals surface area contributed by atoms with Gasteiger partial charge in [-0.1, -0.05) is 24.3 Å². The number of hydrogen-bond acceptors (Lipinski definition) is 13. The molecule has 0 N–H and O–H groups in total. The highest BCUT2D eigenvalue weighted by atomic mass is 32.1. The first-order valence-electron chi connectivity index (χ1n) is 12.9. The van der Waals surface area contributed by atoms with Crippen molar-refractivity contribution in [3.05, 3.63) is 52.2 Å². The molecule has 2 aliphatic rings. The van der Waals surface area contributed by atoms with E-state index in [1.54, 1.807) is 41.8 Å². The summed E-state index contributed by atoms with van der Waals surface area (Å²) in [6.45, 7) is 4.19. The summed E-state index contributed by atoms with van der Waals surface area (Å²) in [4.78, 5) is 63.8. The smallest absolute Gasteiger partial charge is 0.303 e. The summed E-state index contributed by atoms with van der Waals surface area (Å²) < 4.78 is 34.1. The number of ether oxygens (including phenoxy) is 6. The average Bonchev–Trinajstić information content (AvgIpc) is 3.45. The summed E-state index contributed by atoms with van der Waals surface area (Å²) in [7, 11) is 0. The Balaban J connectivity index is 1.84. The summed E-state index contributed by atoms with van der Waals surface area (Å²) in [5, 5.41) is 1.67. The number of thiocarbonyl (C=S) groups is 1. The predicted octanol–water partition coefficient (Wildman–Crippen LogP) is 3.12. The minimum absolute atomic E-state index is 0.0755. The largest absolute Gasteiger partial charge is 0.463 e. The molecule has 1 fully saturated rings. The molecule has 12 nitrogen and oxygen atoms in total. The third kappa shape index (κ3) is 7.12. The summed E-state index contributed by atoms with van der Waals surface area (Å²) in [6.07, 6.45) is -6.79. The number of fused-ring (bicyclic) bond motifs is 1. The van der Waals surface area contributed by atoms with Gasteiger partial charge in [0, 0.05) is 39.7 Å². The van der Waals surface area contributed by atoms with E-state index in [1.165, 1.54) is 23.2 Å². The zero-order valence-electron chi connectivity index (χ0n) is 23.2. The van der Waals surface area contributed by atoms with Crippen LogP contribution in [0.4, 0.5) is 0 Å². The van der Waals surface area contributed by atoms with E-state index < -0.39 is 67.2 Å². The SMILES string of the molecule is CC(=O)OC[C@H]1O[C@@H](N2C(=S)Oc3ccccc3C2CC(=O)c2cccs2)[C@H](OC(C)=O)[C@@H](OC(C)=O)[C@@H]1OC(C)=O. The van der Waals surface area contributed by atoms with E-state index in [-0.39, 0.29) is 17.4 Å². The predicted molar refractivity (Wildman–Crippen MR) is 149 cm³/mol. The van der Waals surface area contributed by atoms with E-state index in [2.05, 4.69) is 0 Å². The molecule has 4 rings (SSSR count). The lowest BCUT2D eigenvalue weighted by molar-refractivity contribution is -0.275. The molecule has 1 aromatic heterocycles. The Hall–Kier alpha value is -3.88. The number of hydrogen-bond donors (Lipinski definition) is 0. The highest BCUT2D eigenvalue weighted by molar-refractivity contribution is 7.80. The lowest BCUT2D eigenvalue weighted by Crippen LogP contribution is -2.67. The summed E-state index contributed by atoms with van der Waals surface area (Å²) in [5.41, 5.74) is 0.601. The molecule has 0 amide bonds. The molecule has 0 spiro atoms. The zero-order valence-corrected chi connectivity index (χ0v) is 24.8. The van der Waals surface area contributed by atoms with Crippen LogP contribution in [0.3, 0.4) is 0 Å². The molecular weight excluding hydrogens is 590 g/mol. The van der Waals surface area contributed by atoms with Gasteiger partial charge in [0.15, 0.2) is 30.3 Å². The number of carbonyl (C=O) groups is 5. The normalized spacial score (nSPS) is 25.0. The zero-order chi connectivity index (χ0) is 30.6. The Bertz CT molecular complexity index is 1360. The number of nitrogens with zero attached hydrogens (tertiary/aromatic N) is 1. The monoisotopic (exact) mass is 619 g/mol. The van der Waals surface area contributed by atoms with Gasteiger partial charge in [-0.2, -0.15) is 0 Å². The van der Waals surface area contributed by atoms with Gasteiger partial charge in [0.1, 0.15) is 18.5 Å². The van der Waals surface area contributed by atoms with Crippen LogP contribution in [-0.4, -0.2) is 77.0 Å². The van der Waals surface area contributed by atoms with Gasteiger partial charge in [-0.15, -0.1) is 11.3 Å². The number of rotatable bonds is 9. The van der Waals surface area contributed by atoms with E-state index in [0.29, 0.717) is 16.2 Å². The van der Waals surface area contributed by atoms with Crippen LogP contribution in [0, 0.1) is 0 Å². The standard InChI is InChI=1S/C28H29NO11S2/c1-14(30)35-13-22-24(36-15(2)31)25(37-16(3)32)26(38-17(4)33)27(39-22)29-19(12-20(34)23-10-7-11-42-23)18-8-5-6-9-21(18)40-28(29)41/h5-11,19,22,24-27H,12-13H2,1-4H3/t19?,22-,24-,25+,26-,27-/m1/s1. The van der Waals surface area contributed by atoms with Crippen LogP contribution in [-0.2, 0) is 42.9 Å². The second-order valence-corrected chi connectivity index (χ2v) is 10.8. The minimum Gasteiger partial charge on any atom is -0.463 e. The fourth-order valence-corrected chi connectivity index (χ4v) is 5.90. The molecule has 42 heavy (non-hydrogen) atoms. The summed E-state index contributed by atoms with van der Waals surface area (Å²) >= 11 is 6.93. The van der Waals surface area contributed by atoms with Crippen LogP contribution in [0.5, 0.6) is 5.75 Å². The number of esters is 4.